The maximum Gasteiger partial charge on any atom is 0.309 e. The quantitative estimate of drug-likeness (QED) is 0.738. The molecule has 2 rings (SSSR count). The number of methoxy groups -OCH3 is 2. The van der Waals surface area contributed by atoms with E-state index in [2.05, 4.69) is 0 Å². The maximum atomic E-state index is 9.38. The SMILES string of the molecule is COc1coc2c1OC(OC)N2O. The van der Waals surface area contributed by atoms with Gasteiger partial charge in [-0.3, -0.25) is 5.21 Å². The summed E-state index contributed by atoms with van der Waals surface area (Å²) in [7, 11) is 2.89. The van der Waals surface area contributed by atoms with Gasteiger partial charge in [0.2, 0.25) is 11.5 Å². The molecule has 0 spiro atoms. The van der Waals surface area contributed by atoms with Gasteiger partial charge in [0, 0.05) is 7.11 Å². The van der Waals surface area contributed by atoms with E-state index in [4.69, 9.17) is 18.6 Å². The molecule has 13 heavy (non-hydrogen) atoms. The summed E-state index contributed by atoms with van der Waals surface area (Å²) in [5.74, 6) is 0.953. The molecule has 0 aromatic carbocycles. The van der Waals surface area contributed by atoms with Crippen LogP contribution in [0, 0.1) is 0 Å². The highest BCUT2D eigenvalue weighted by Crippen LogP contribution is 2.45. The largest absolute Gasteiger partial charge is 0.490 e. The van der Waals surface area contributed by atoms with E-state index in [-0.39, 0.29) is 5.88 Å². The zero-order chi connectivity index (χ0) is 9.42. The summed E-state index contributed by atoms with van der Waals surface area (Å²) in [6.07, 6.45) is 0.476. The van der Waals surface area contributed by atoms with Crippen molar-refractivity contribution in [2.24, 2.45) is 0 Å². The summed E-state index contributed by atoms with van der Waals surface area (Å²) in [6.45, 7) is 0. The topological polar surface area (TPSA) is 64.3 Å². The summed E-state index contributed by atoms with van der Waals surface area (Å²) < 4.78 is 19.9. The Labute approximate surface area is 74.2 Å². The van der Waals surface area contributed by atoms with E-state index in [0.717, 1.165) is 5.06 Å². The van der Waals surface area contributed by atoms with Gasteiger partial charge in [0.25, 0.3) is 5.88 Å². The van der Waals surface area contributed by atoms with E-state index in [1.165, 1.54) is 20.5 Å². The number of hydrogen-bond donors (Lipinski definition) is 1. The molecule has 6 nitrogen and oxygen atoms in total. The minimum absolute atomic E-state index is 0.184. The van der Waals surface area contributed by atoms with Crippen molar-refractivity contribution in [2.45, 2.75) is 6.41 Å². The van der Waals surface area contributed by atoms with Crippen molar-refractivity contribution in [3.8, 4) is 11.5 Å². The molecule has 2 heterocycles. The predicted molar refractivity (Wildman–Crippen MR) is 41.0 cm³/mol. The van der Waals surface area contributed by atoms with E-state index in [1.54, 1.807) is 0 Å². The molecule has 0 saturated carbocycles. The van der Waals surface area contributed by atoms with Crippen LogP contribution in [0.15, 0.2) is 10.7 Å². The lowest BCUT2D eigenvalue weighted by Crippen LogP contribution is -2.33. The van der Waals surface area contributed by atoms with Crippen molar-refractivity contribution in [2.75, 3.05) is 19.3 Å². The van der Waals surface area contributed by atoms with Crippen molar-refractivity contribution in [3.63, 3.8) is 0 Å². The molecular weight excluding hydrogens is 178 g/mol. The first-order chi connectivity index (χ1) is 6.27. The number of rotatable bonds is 2. The highest BCUT2D eigenvalue weighted by Gasteiger charge is 2.36. The van der Waals surface area contributed by atoms with Gasteiger partial charge in [-0.05, 0) is 0 Å². The zero-order valence-electron chi connectivity index (χ0n) is 7.18. The second-order valence-electron chi connectivity index (χ2n) is 2.44. The number of furan rings is 1. The molecule has 1 N–H and O–H groups in total. The Morgan fingerprint density at radius 3 is 2.92 bits per heavy atom. The fourth-order valence-corrected chi connectivity index (χ4v) is 1.12. The lowest BCUT2D eigenvalue weighted by atomic mass is 10.5. The van der Waals surface area contributed by atoms with Crippen LogP contribution in [0.25, 0.3) is 0 Å². The maximum absolute atomic E-state index is 9.38. The fraction of sp³-hybridized carbons (Fsp3) is 0.429. The van der Waals surface area contributed by atoms with Crippen molar-refractivity contribution >= 4 is 5.88 Å². The number of hydrogen-bond acceptors (Lipinski definition) is 6. The van der Waals surface area contributed by atoms with Crippen LogP contribution < -0.4 is 14.5 Å². The van der Waals surface area contributed by atoms with Crippen LogP contribution >= 0.6 is 0 Å². The third-order valence-corrected chi connectivity index (χ3v) is 1.74. The Hall–Kier alpha value is -1.40. The zero-order valence-corrected chi connectivity index (χ0v) is 7.18. The van der Waals surface area contributed by atoms with E-state index in [1.807, 2.05) is 0 Å². The summed E-state index contributed by atoms with van der Waals surface area (Å²) in [5, 5.41) is 10.1. The average Bonchev–Trinajstić information content (AvgIpc) is 2.66. The van der Waals surface area contributed by atoms with Crippen LogP contribution in [0.4, 0.5) is 5.88 Å². The van der Waals surface area contributed by atoms with E-state index in [9.17, 15) is 5.21 Å². The van der Waals surface area contributed by atoms with E-state index < -0.39 is 6.41 Å². The average molecular weight is 187 g/mol. The van der Waals surface area contributed by atoms with Crippen LogP contribution in [0.2, 0.25) is 0 Å². The molecule has 0 fully saturated rings. The molecule has 1 aromatic heterocycles. The first-order valence-electron chi connectivity index (χ1n) is 3.61. The van der Waals surface area contributed by atoms with E-state index >= 15 is 0 Å². The van der Waals surface area contributed by atoms with Gasteiger partial charge in [-0.25, -0.2) is 0 Å². The van der Waals surface area contributed by atoms with Crippen molar-refractivity contribution in [1.29, 1.82) is 0 Å². The lowest BCUT2D eigenvalue weighted by Gasteiger charge is -2.14. The number of fused-ring (bicyclic) bond motifs is 1. The van der Waals surface area contributed by atoms with Gasteiger partial charge < -0.3 is 18.6 Å². The number of hydroxylamine groups is 1. The molecule has 0 amide bonds. The molecule has 1 atom stereocenters. The second kappa shape index (κ2) is 2.82. The first-order valence-corrected chi connectivity index (χ1v) is 3.61. The normalized spacial score (nSPS) is 19.9. The van der Waals surface area contributed by atoms with E-state index in [0.29, 0.717) is 11.5 Å². The highest BCUT2D eigenvalue weighted by atomic mass is 16.8. The van der Waals surface area contributed by atoms with Crippen LogP contribution in [0.1, 0.15) is 0 Å². The van der Waals surface area contributed by atoms with Gasteiger partial charge in [-0.1, -0.05) is 0 Å². The van der Waals surface area contributed by atoms with Crippen molar-refractivity contribution in [1.82, 2.24) is 0 Å². The Morgan fingerprint density at radius 2 is 2.31 bits per heavy atom. The first kappa shape index (κ1) is 8.21. The molecular formula is C7H9NO5. The Kier molecular flexibility index (Phi) is 1.78. The molecule has 1 aliphatic heterocycles. The molecule has 0 bridgehead atoms. The standard InChI is InChI=1S/C7H9NO5/c1-10-4-3-12-6-5(4)13-7(11-2)8(6)9/h3,7,9H,1-2H3. The molecule has 0 saturated heterocycles. The van der Waals surface area contributed by atoms with Crippen molar-refractivity contribution < 1.29 is 23.8 Å². The monoisotopic (exact) mass is 187 g/mol. The van der Waals surface area contributed by atoms with Gasteiger partial charge in [0.1, 0.15) is 6.26 Å². The lowest BCUT2D eigenvalue weighted by molar-refractivity contribution is -0.0864. The summed E-state index contributed by atoms with van der Waals surface area (Å²) >= 11 is 0. The summed E-state index contributed by atoms with van der Waals surface area (Å²) in [4.78, 5) is 0. The minimum Gasteiger partial charge on any atom is -0.490 e. The predicted octanol–water partition coefficient (Wildman–Crippen LogP) is 0.806. The van der Waals surface area contributed by atoms with Gasteiger partial charge >= 0.3 is 6.41 Å². The molecule has 72 valence electrons. The van der Waals surface area contributed by atoms with Gasteiger partial charge in [-0.15, -0.1) is 0 Å². The Balaban J connectivity index is 2.33. The number of anilines is 1. The molecule has 1 aromatic rings. The van der Waals surface area contributed by atoms with Crippen LogP contribution in [0.3, 0.4) is 0 Å². The van der Waals surface area contributed by atoms with Gasteiger partial charge in [-0.2, -0.15) is 5.06 Å². The molecule has 0 radical (unpaired) electrons. The number of nitrogens with zero attached hydrogens (tertiary/aromatic N) is 1. The fourth-order valence-electron chi connectivity index (χ4n) is 1.12. The van der Waals surface area contributed by atoms with Gasteiger partial charge in [0.15, 0.2) is 0 Å². The van der Waals surface area contributed by atoms with Crippen molar-refractivity contribution in [3.05, 3.63) is 6.26 Å². The molecule has 6 heteroatoms. The van der Waals surface area contributed by atoms with Crippen LogP contribution in [0.5, 0.6) is 11.5 Å². The van der Waals surface area contributed by atoms with Gasteiger partial charge in [0.05, 0.1) is 7.11 Å². The number of ether oxygens (including phenoxy) is 3. The van der Waals surface area contributed by atoms with Crippen LogP contribution in [-0.2, 0) is 4.74 Å². The van der Waals surface area contributed by atoms with Crippen LogP contribution in [-0.4, -0.2) is 25.8 Å². The smallest absolute Gasteiger partial charge is 0.309 e. The third kappa shape index (κ3) is 1.03. The summed E-state index contributed by atoms with van der Waals surface area (Å²) in [5.41, 5.74) is 0. The highest BCUT2D eigenvalue weighted by molar-refractivity contribution is 5.59. The minimum atomic E-state index is -0.871. The molecule has 0 aliphatic carbocycles. The second-order valence-corrected chi connectivity index (χ2v) is 2.44. The Morgan fingerprint density at radius 1 is 1.54 bits per heavy atom. The Bertz CT molecular complexity index is 310. The third-order valence-electron chi connectivity index (χ3n) is 1.74. The molecule has 1 aliphatic rings. The summed E-state index contributed by atoms with van der Waals surface area (Å²) in [6, 6.07) is 0. The molecule has 1 unspecified atom stereocenters.